The van der Waals surface area contributed by atoms with Crippen LogP contribution in [0.15, 0.2) is 29.4 Å². The predicted molar refractivity (Wildman–Crippen MR) is 88.1 cm³/mol. The topological polar surface area (TPSA) is 61.2 Å². The number of nitrogens with zero attached hydrogens (tertiary/aromatic N) is 3. The average Bonchev–Trinajstić information content (AvgIpc) is 2.86. The van der Waals surface area contributed by atoms with Gasteiger partial charge in [0.25, 0.3) is 0 Å². The van der Waals surface area contributed by atoms with Gasteiger partial charge in [-0.05, 0) is 19.2 Å². The summed E-state index contributed by atoms with van der Waals surface area (Å²) >= 11 is 1.63. The number of aromatic nitrogens is 3. The Kier molecular flexibility index (Phi) is 5.93. The van der Waals surface area contributed by atoms with E-state index in [1.54, 1.807) is 11.8 Å². The first-order valence-electron chi connectivity index (χ1n) is 6.82. The van der Waals surface area contributed by atoms with Crippen molar-refractivity contribution in [2.45, 2.75) is 17.8 Å². The van der Waals surface area contributed by atoms with Gasteiger partial charge < -0.3 is 19.4 Å². The summed E-state index contributed by atoms with van der Waals surface area (Å²) < 4.78 is 13.6. The number of nitrogens with one attached hydrogen (secondary N) is 1. The largest absolute Gasteiger partial charge is 0.486 e. The number of fused-ring (bicyclic) bond motifs is 1. The van der Waals surface area contributed by atoms with Crippen LogP contribution in [-0.2, 0) is 13.6 Å². The Morgan fingerprint density at radius 2 is 2.09 bits per heavy atom. The number of thioether (sulfide) groups is 1. The molecule has 1 N–H and O–H groups in total. The molecule has 120 valence electrons. The Morgan fingerprint density at radius 1 is 1.32 bits per heavy atom. The van der Waals surface area contributed by atoms with Gasteiger partial charge in [0.15, 0.2) is 16.7 Å². The molecule has 0 amide bonds. The molecule has 8 heteroatoms. The maximum Gasteiger partial charge on any atom is 0.191 e. The van der Waals surface area contributed by atoms with E-state index >= 15 is 0 Å². The molecule has 0 bridgehead atoms. The quantitative estimate of drug-likeness (QED) is 0.837. The summed E-state index contributed by atoms with van der Waals surface area (Å²) in [6.45, 7) is 1.27. The Hall–Kier alpha value is -1.44. The van der Waals surface area contributed by atoms with Gasteiger partial charge in [0.05, 0.1) is 6.54 Å². The van der Waals surface area contributed by atoms with Crippen molar-refractivity contribution < 1.29 is 9.47 Å². The second-order valence-electron chi connectivity index (χ2n) is 4.80. The van der Waals surface area contributed by atoms with E-state index < -0.39 is 0 Å². The highest BCUT2D eigenvalue weighted by molar-refractivity contribution is 7.99. The normalized spacial score (nSPS) is 16.2. The molecular weight excluding hydrogens is 324 g/mol. The lowest BCUT2D eigenvalue weighted by Crippen LogP contribution is -2.31. The van der Waals surface area contributed by atoms with E-state index in [2.05, 4.69) is 15.5 Å². The number of para-hydroxylation sites is 2. The summed E-state index contributed by atoms with van der Waals surface area (Å²) in [4.78, 5) is 0. The minimum absolute atomic E-state index is 0. The van der Waals surface area contributed by atoms with E-state index in [9.17, 15) is 0 Å². The van der Waals surface area contributed by atoms with E-state index in [4.69, 9.17) is 9.47 Å². The number of rotatable bonds is 5. The third-order valence-corrected chi connectivity index (χ3v) is 4.38. The van der Waals surface area contributed by atoms with Crippen LogP contribution in [0.1, 0.15) is 5.82 Å². The maximum atomic E-state index is 5.93. The van der Waals surface area contributed by atoms with Crippen LogP contribution < -0.4 is 14.8 Å². The predicted octanol–water partition coefficient (Wildman–Crippen LogP) is 1.89. The zero-order valence-corrected chi connectivity index (χ0v) is 14.1. The van der Waals surface area contributed by atoms with Crippen molar-refractivity contribution in [1.29, 1.82) is 0 Å². The summed E-state index contributed by atoms with van der Waals surface area (Å²) in [5.74, 6) is 3.32. The van der Waals surface area contributed by atoms with Gasteiger partial charge in [-0.3, -0.25) is 0 Å². The minimum Gasteiger partial charge on any atom is -0.486 e. The van der Waals surface area contributed by atoms with Crippen LogP contribution in [0.25, 0.3) is 0 Å². The molecule has 1 aliphatic heterocycles. The molecule has 1 aromatic carbocycles. The van der Waals surface area contributed by atoms with E-state index in [-0.39, 0.29) is 18.5 Å². The summed E-state index contributed by atoms with van der Waals surface area (Å²) in [7, 11) is 3.87. The molecule has 1 aromatic heterocycles. The van der Waals surface area contributed by atoms with Gasteiger partial charge in [-0.25, -0.2) is 0 Å². The first-order valence-corrected chi connectivity index (χ1v) is 7.80. The van der Waals surface area contributed by atoms with Crippen LogP contribution in [0.3, 0.4) is 0 Å². The summed E-state index contributed by atoms with van der Waals surface area (Å²) in [5.41, 5.74) is 0. The van der Waals surface area contributed by atoms with Gasteiger partial charge >= 0.3 is 0 Å². The van der Waals surface area contributed by atoms with Crippen molar-refractivity contribution in [3.05, 3.63) is 30.1 Å². The number of benzene rings is 1. The molecule has 6 nitrogen and oxygen atoms in total. The summed E-state index contributed by atoms with van der Waals surface area (Å²) in [5, 5.41) is 12.3. The lowest BCUT2D eigenvalue weighted by Gasteiger charge is -2.25. The first kappa shape index (κ1) is 16.9. The molecule has 1 atom stereocenters. The third kappa shape index (κ3) is 3.66. The van der Waals surface area contributed by atoms with Crippen molar-refractivity contribution in [3.8, 4) is 11.5 Å². The SMILES string of the molecule is CNCc1nnc(SCC2COc3ccccc3O2)n1C.Cl. The minimum atomic E-state index is 0. The van der Waals surface area contributed by atoms with Gasteiger partial charge in [-0.1, -0.05) is 23.9 Å². The number of hydrogen-bond donors (Lipinski definition) is 1. The molecule has 3 rings (SSSR count). The standard InChI is InChI=1S/C14H18N4O2S.ClH/c1-15-7-13-16-17-14(18(13)2)21-9-10-8-19-11-5-3-4-6-12(11)20-10;/h3-6,10,15H,7-9H2,1-2H3;1H. The highest BCUT2D eigenvalue weighted by Crippen LogP contribution is 2.32. The van der Waals surface area contributed by atoms with Crippen molar-refractivity contribution in [2.75, 3.05) is 19.4 Å². The Labute approximate surface area is 140 Å². The number of hydrogen-bond acceptors (Lipinski definition) is 6. The molecule has 0 fully saturated rings. The zero-order chi connectivity index (χ0) is 14.7. The van der Waals surface area contributed by atoms with Crippen LogP contribution in [0, 0.1) is 0 Å². The Bertz CT molecular complexity index is 623. The van der Waals surface area contributed by atoms with Crippen molar-refractivity contribution >= 4 is 24.2 Å². The number of halogens is 1. The monoisotopic (exact) mass is 342 g/mol. The van der Waals surface area contributed by atoms with E-state index in [0.717, 1.165) is 28.2 Å². The van der Waals surface area contributed by atoms with Gasteiger partial charge in [0.2, 0.25) is 0 Å². The molecule has 0 saturated heterocycles. The highest BCUT2D eigenvalue weighted by atomic mass is 35.5. The van der Waals surface area contributed by atoms with Gasteiger partial charge in [-0.15, -0.1) is 22.6 Å². The van der Waals surface area contributed by atoms with E-state index in [1.165, 1.54) is 0 Å². The molecule has 0 saturated carbocycles. The van der Waals surface area contributed by atoms with Crippen LogP contribution in [-0.4, -0.2) is 40.3 Å². The van der Waals surface area contributed by atoms with E-state index in [0.29, 0.717) is 13.2 Å². The van der Waals surface area contributed by atoms with Gasteiger partial charge in [0, 0.05) is 12.8 Å². The molecule has 1 aliphatic rings. The van der Waals surface area contributed by atoms with Crippen LogP contribution in [0.5, 0.6) is 11.5 Å². The zero-order valence-electron chi connectivity index (χ0n) is 12.5. The third-order valence-electron chi connectivity index (χ3n) is 3.23. The van der Waals surface area contributed by atoms with Crippen LogP contribution >= 0.6 is 24.2 Å². The molecule has 0 radical (unpaired) electrons. The second kappa shape index (κ2) is 7.71. The molecule has 2 aromatic rings. The van der Waals surface area contributed by atoms with Gasteiger partial charge in [-0.2, -0.15) is 0 Å². The molecule has 1 unspecified atom stereocenters. The Balaban J connectivity index is 0.00000176. The van der Waals surface area contributed by atoms with Crippen LogP contribution in [0.2, 0.25) is 0 Å². The molecule has 0 aliphatic carbocycles. The summed E-state index contributed by atoms with van der Waals surface area (Å²) in [6, 6.07) is 7.75. The van der Waals surface area contributed by atoms with E-state index in [1.807, 2.05) is 42.9 Å². The first-order chi connectivity index (χ1) is 10.3. The fraction of sp³-hybridized carbons (Fsp3) is 0.429. The smallest absolute Gasteiger partial charge is 0.191 e. The fourth-order valence-corrected chi connectivity index (χ4v) is 2.99. The van der Waals surface area contributed by atoms with Crippen molar-refractivity contribution in [1.82, 2.24) is 20.1 Å². The Morgan fingerprint density at radius 3 is 2.86 bits per heavy atom. The second-order valence-corrected chi connectivity index (χ2v) is 5.78. The van der Waals surface area contributed by atoms with Crippen molar-refractivity contribution in [2.24, 2.45) is 7.05 Å². The lowest BCUT2D eigenvalue weighted by atomic mass is 10.3. The van der Waals surface area contributed by atoms with Crippen LogP contribution in [0.4, 0.5) is 0 Å². The lowest BCUT2D eigenvalue weighted by molar-refractivity contribution is 0.107. The fourth-order valence-electron chi connectivity index (χ4n) is 2.10. The molecular formula is C14H19ClN4O2S. The summed E-state index contributed by atoms with van der Waals surface area (Å²) in [6.07, 6.45) is 0.0225. The van der Waals surface area contributed by atoms with Crippen molar-refractivity contribution in [3.63, 3.8) is 0 Å². The molecule has 2 heterocycles. The van der Waals surface area contributed by atoms with Gasteiger partial charge in [0.1, 0.15) is 18.5 Å². The highest BCUT2D eigenvalue weighted by Gasteiger charge is 2.21. The molecule has 0 spiro atoms. The number of ether oxygens (including phenoxy) is 2. The molecule has 22 heavy (non-hydrogen) atoms. The maximum absolute atomic E-state index is 5.93. The average molecular weight is 343 g/mol.